The number of carbonyl (C=O) groups is 1. The number of nitro benzene ring substituents is 1. The summed E-state index contributed by atoms with van der Waals surface area (Å²) >= 11 is 0. The molecular weight excluding hydrogens is 226 g/mol. The third kappa shape index (κ3) is 3.12. The van der Waals surface area contributed by atoms with Crippen LogP contribution in [0, 0.1) is 10.1 Å². The van der Waals surface area contributed by atoms with Gasteiger partial charge in [0.25, 0.3) is 5.69 Å². The van der Waals surface area contributed by atoms with Crippen molar-refractivity contribution in [3.8, 4) is 0 Å². The lowest BCUT2D eigenvalue weighted by atomic mass is 10.1. The van der Waals surface area contributed by atoms with E-state index >= 15 is 0 Å². The van der Waals surface area contributed by atoms with Gasteiger partial charge in [0.15, 0.2) is 0 Å². The molecule has 0 aliphatic rings. The normalized spacial score (nSPS) is 9.88. The third-order valence-corrected chi connectivity index (χ3v) is 2.03. The SMILES string of the molecule is C=CCOCc1cccc([N+](=O)[O-])c1C(=O)O. The highest BCUT2D eigenvalue weighted by Gasteiger charge is 2.23. The Kier molecular flexibility index (Phi) is 4.36. The van der Waals surface area contributed by atoms with Crippen LogP contribution in [0.2, 0.25) is 0 Å². The van der Waals surface area contributed by atoms with Gasteiger partial charge in [0.1, 0.15) is 5.56 Å². The number of carboxylic acid groups (broad SMARTS) is 1. The van der Waals surface area contributed by atoms with E-state index in [1.165, 1.54) is 18.2 Å². The van der Waals surface area contributed by atoms with Crippen molar-refractivity contribution in [3.63, 3.8) is 0 Å². The van der Waals surface area contributed by atoms with E-state index in [1.54, 1.807) is 0 Å². The molecule has 0 unspecified atom stereocenters. The molecule has 0 aliphatic heterocycles. The molecule has 0 atom stereocenters. The minimum absolute atomic E-state index is 0.00463. The van der Waals surface area contributed by atoms with Gasteiger partial charge in [-0.2, -0.15) is 0 Å². The van der Waals surface area contributed by atoms with E-state index < -0.39 is 16.6 Å². The number of nitrogens with zero attached hydrogens (tertiary/aromatic N) is 1. The van der Waals surface area contributed by atoms with E-state index in [2.05, 4.69) is 6.58 Å². The van der Waals surface area contributed by atoms with Crippen molar-refractivity contribution < 1.29 is 19.6 Å². The summed E-state index contributed by atoms with van der Waals surface area (Å²) in [7, 11) is 0. The highest BCUT2D eigenvalue weighted by Crippen LogP contribution is 2.22. The molecule has 0 spiro atoms. The van der Waals surface area contributed by atoms with Crippen molar-refractivity contribution in [2.75, 3.05) is 6.61 Å². The number of carboxylic acids is 1. The van der Waals surface area contributed by atoms with E-state index in [0.717, 1.165) is 6.07 Å². The monoisotopic (exact) mass is 237 g/mol. The second-order valence-corrected chi connectivity index (χ2v) is 3.18. The van der Waals surface area contributed by atoms with Gasteiger partial charge in [0, 0.05) is 6.07 Å². The second-order valence-electron chi connectivity index (χ2n) is 3.18. The Balaban J connectivity index is 3.11. The lowest BCUT2D eigenvalue weighted by Gasteiger charge is -2.06. The van der Waals surface area contributed by atoms with E-state index in [0.29, 0.717) is 0 Å². The molecule has 0 saturated heterocycles. The van der Waals surface area contributed by atoms with Gasteiger partial charge in [0.05, 0.1) is 18.1 Å². The number of hydrogen-bond donors (Lipinski definition) is 1. The summed E-state index contributed by atoms with van der Waals surface area (Å²) in [4.78, 5) is 21.0. The molecule has 0 aromatic heterocycles. The molecule has 0 amide bonds. The zero-order valence-corrected chi connectivity index (χ0v) is 8.96. The van der Waals surface area contributed by atoms with Gasteiger partial charge in [-0.05, 0) is 5.56 Å². The second kappa shape index (κ2) is 5.76. The van der Waals surface area contributed by atoms with E-state index in [4.69, 9.17) is 9.84 Å². The predicted octanol–water partition coefficient (Wildman–Crippen LogP) is 2.00. The van der Waals surface area contributed by atoms with Crippen molar-refractivity contribution in [1.29, 1.82) is 0 Å². The van der Waals surface area contributed by atoms with Crippen LogP contribution in [0.4, 0.5) is 5.69 Å². The first-order chi connectivity index (χ1) is 8.07. The van der Waals surface area contributed by atoms with Gasteiger partial charge < -0.3 is 9.84 Å². The maximum atomic E-state index is 11.0. The zero-order valence-electron chi connectivity index (χ0n) is 8.96. The fraction of sp³-hybridized carbons (Fsp3) is 0.182. The van der Waals surface area contributed by atoms with Crippen molar-refractivity contribution in [3.05, 3.63) is 52.1 Å². The van der Waals surface area contributed by atoms with E-state index in [-0.39, 0.29) is 24.3 Å². The molecule has 1 N–H and O–H groups in total. The van der Waals surface area contributed by atoms with Crippen LogP contribution in [0.15, 0.2) is 30.9 Å². The number of aromatic carboxylic acids is 1. The Hall–Kier alpha value is -2.21. The van der Waals surface area contributed by atoms with Crippen LogP contribution in [0.3, 0.4) is 0 Å². The largest absolute Gasteiger partial charge is 0.477 e. The summed E-state index contributed by atoms with van der Waals surface area (Å²) in [6.45, 7) is 3.69. The Morgan fingerprint density at radius 1 is 1.59 bits per heavy atom. The number of nitro groups is 1. The zero-order chi connectivity index (χ0) is 12.8. The average Bonchev–Trinajstić information content (AvgIpc) is 2.28. The van der Waals surface area contributed by atoms with Crippen LogP contribution in [0.25, 0.3) is 0 Å². The molecule has 1 aromatic rings. The van der Waals surface area contributed by atoms with Crippen LogP contribution in [-0.4, -0.2) is 22.6 Å². The summed E-state index contributed by atoms with van der Waals surface area (Å²) in [5, 5.41) is 19.7. The number of rotatable bonds is 6. The van der Waals surface area contributed by atoms with Crippen molar-refractivity contribution in [1.82, 2.24) is 0 Å². The minimum atomic E-state index is -1.34. The smallest absolute Gasteiger partial charge is 0.343 e. The fourth-order valence-electron chi connectivity index (χ4n) is 1.36. The summed E-state index contributed by atoms with van der Waals surface area (Å²) in [6.07, 6.45) is 1.51. The molecule has 0 radical (unpaired) electrons. The van der Waals surface area contributed by atoms with Gasteiger partial charge in [-0.25, -0.2) is 4.79 Å². The van der Waals surface area contributed by atoms with Gasteiger partial charge in [-0.3, -0.25) is 10.1 Å². The molecule has 0 saturated carbocycles. The first kappa shape index (κ1) is 12.9. The highest BCUT2D eigenvalue weighted by molar-refractivity contribution is 5.94. The predicted molar refractivity (Wildman–Crippen MR) is 59.9 cm³/mol. The molecule has 1 aromatic carbocycles. The van der Waals surface area contributed by atoms with Crippen LogP contribution < -0.4 is 0 Å². The molecule has 90 valence electrons. The van der Waals surface area contributed by atoms with Crippen LogP contribution in [-0.2, 0) is 11.3 Å². The molecule has 6 heteroatoms. The molecule has 0 heterocycles. The average molecular weight is 237 g/mol. The Morgan fingerprint density at radius 3 is 2.82 bits per heavy atom. The molecule has 0 bridgehead atoms. The molecule has 0 aliphatic carbocycles. The van der Waals surface area contributed by atoms with Crippen LogP contribution in [0.5, 0.6) is 0 Å². The lowest BCUT2D eigenvalue weighted by Crippen LogP contribution is -2.08. The Morgan fingerprint density at radius 2 is 2.29 bits per heavy atom. The van der Waals surface area contributed by atoms with E-state index in [1.807, 2.05) is 0 Å². The molecular formula is C11H11NO5. The molecule has 1 rings (SSSR count). The first-order valence-corrected chi connectivity index (χ1v) is 4.76. The highest BCUT2D eigenvalue weighted by atomic mass is 16.6. The molecule has 6 nitrogen and oxygen atoms in total. The maximum Gasteiger partial charge on any atom is 0.343 e. The molecule has 0 fully saturated rings. The first-order valence-electron chi connectivity index (χ1n) is 4.76. The summed E-state index contributed by atoms with van der Waals surface area (Å²) in [5.41, 5.74) is -0.493. The van der Waals surface area contributed by atoms with Crippen LogP contribution >= 0.6 is 0 Å². The van der Waals surface area contributed by atoms with Gasteiger partial charge in [-0.1, -0.05) is 18.2 Å². The number of hydrogen-bond acceptors (Lipinski definition) is 4. The standard InChI is InChI=1S/C11H11NO5/c1-2-6-17-7-8-4-3-5-9(12(15)16)10(8)11(13)14/h2-5H,1,6-7H2,(H,13,14). The van der Waals surface area contributed by atoms with Gasteiger partial charge in [0.2, 0.25) is 0 Å². The summed E-state index contributed by atoms with van der Waals surface area (Å²) in [6, 6.07) is 4.07. The maximum absolute atomic E-state index is 11.0. The molecule has 17 heavy (non-hydrogen) atoms. The lowest BCUT2D eigenvalue weighted by molar-refractivity contribution is -0.385. The Bertz CT molecular complexity index is 455. The summed E-state index contributed by atoms with van der Waals surface area (Å²) < 4.78 is 5.09. The number of benzene rings is 1. The summed E-state index contributed by atoms with van der Waals surface area (Å²) in [5.74, 6) is -1.34. The van der Waals surface area contributed by atoms with Crippen molar-refractivity contribution >= 4 is 11.7 Å². The fourth-order valence-corrected chi connectivity index (χ4v) is 1.36. The Labute approximate surface area is 97.3 Å². The quantitative estimate of drug-likeness (QED) is 0.353. The van der Waals surface area contributed by atoms with Crippen LogP contribution in [0.1, 0.15) is 15.9 Å². The van der Waals surface area contributed by atoms with Gasteiger partial charge in [-0.15, -0.1) is 6.58 Å². The van der Waals surface area contributed by atoms with E-state index in [9.17, 15) is 14.9 Å². The minimum Gasteiger partial charge on any atom is -0.477 e. The third-order valence-electron chi connectivity index (χ3n) is 2.03. The van der Waals surface area contributed by atoms with Crippen molar-refractivity contribution in [2.24, 2.45) is 0 Å². The van der Waals surface area contributed by atoms with Gasteiger partial charge >= 0.3 is 5.97 Å². The topological polar surface area (TPSA) is 89.7 Å². The van der Waals surface area contributed by atoms with Crippen molar-refractivity contribution in [2.45, 2.75) is 6.61 Å². The number of ether oxygens (including phenoxy) is 1.